The van der Waals surface area contributed by atoms with Crippen LogP contribution in [0, 0.1) is 0 Å². The van der Waals surface area contributed by atoms with Crippen LogP contribution in [0.5, 0.6) is 0 Å². The molecule has 0 spiro atoms. The molecule has 0 radical (unpaired) electrons. The molecule has 0 aromatic rings. The summed E-state index contributed by atoms with van der Waals surface area (Å²) in [4.78, 5) is 16.1. The molecule has 1 unspecified atom stereocenters. The van der Waals surface area contributed by atoms with Crippen molar-refractivity contribution in [3.63, 3.8) is 0 Å². The van der Waals surface area contributed by atoms with Gasteiger partial charge in [0.1, 0.15) is 0 Å². The van der Waals surface area contributed by atoms with E-state index in [-0.39, 0.29) is 11.9 Å². The second kappa shape index (κ2) is 6.86. The van der Waals surface area contributed by atoms with Crippen LogP contribution in [0.2, 0.25) is 0 Å². The van der Waals surface area contributed by atoms with Crippen LogP contribution in [-0.2, 0) is 4.79 Å². The van der Waals surface area contributed by atoms with Crippen molar-refractivity contribution in [2.45, 2.75) is 32.2 Å². The van der Waals surface area contributed by atoms with E-state index in [1.165, 1.54) is 12.8 Å². The molecular formula is C12H25N3O. The normalized spacial score (nSPS) is 18.1. The fourth-order valence-electron chi connectivity index (χ4n) is 2.01. The van der Waals surface area contributed by atoms with Crippen molar-refractivity contribution in [1.29, 1.82) is 0 Å². The average molecular weight is 227 g/mol. The Bertz CT molecular complexity index is 212. The molecule has 16 heavy (non-hydrogen) atoms. The van der Waals surface area contributed by atoms with Gasteiger partial charge in [0, 0.05) is 13.1 Å². The zero-order valence-electron chi connectivity index (χ0n) is 10.8. The highest BCUT2D eigenvalue weighted by Crippen LogP contribution is 2.08. The van der Waals surface area contributed by atoms with Gasteiger partial charge in [0.05, 0.1) is 6.04 Å². The molecule has 1 saturated heterocycles. The Labute approximate surface area is 99.0 Å². The van der Waals surface area contributed by atoms with Crippen LogP contribution in [0.15, 0.2) is 0 Å². The molecule has 4 nitrogen and oxygen atoms in total. The summed E-state index contributed by atoms with van der Waals surface area (Å²) >= 11 is 0. The van der Waals surface area contributed by atoms with Crippen molar-refractivity contribution in [2.75, 3.05) is 40.3 Å². The van der Waals surface area contributed by atoms with Crippen molar-refractivity contribution in [2.24, 2.45) is 0 Å². The molecule has 1 aliphatic heterocycles. The molecule has 1 atom stereocenters. The highest BCUT2D eigenvalue weighted by Gasteiger charge is 2.22. The smallest absolute Gasteiger partial charge is 0.239 e. The summed E-state index contributed by atoms with van der Waals surface area (Å²) in [5.74, 6) is 0.266. The first-order valence-corrected chi connectivity index (χ1v) is 6.28. The second-order valence-corrected chi connectivity index (χ2v) is 4.87. The fraction of sp³-hybridized carbons (Fsp3) is 0.917. The van der Waals surface area contributed by atoms with Gasteiger partial charge >= 0.3 is 0 Å². The molecule has 1 fully saturated rings. The maximum Gasteiger partial charge on any atom is 0.239 e. The van der Waals surface area contributed by atoms with E-state index < -0.39 is 0 Å². The van der Waals surface area contributed by atoms with Gasteiger partial charge in [0.2, 0.25) is 5.91 Å². The molecule has 1 aliphatic rings. The Balaban J connectivity index is 2.13. The Hall–Kier alpha value is -0.610. The van der Waals surface area contributed by atoms with Crippen LogP contribution in [0.1, 0.15) is 26.2 Å². The van der Waals surface area contributed by atoms with E-state index in [0.717, 1.165) is 32.6 Å². The number of nitrogens with zero attached hydrogens (tertiary/aromatic N) is 2. The van der Waals surface area contributed by atoms with E-state index in [9.17, 15) is 4.79 Å². The monoisotopic (exact) mass is 227 g/mol. The van der Waals surface area contributed by atoms with Gasteiger partial charge in [-0.3, -0.25) is 4.79 Å². The molecule has 0 bridgehead atoms. The predicted octanol–water partition coefficient (Wildman–Crippen LogP) is 0.539. The molecule has 0 aromatic carbocycles. The van der Waals surface area contributed by atoms with E-state index in [2.05, 4.69) is 24.3 Å². The van der Waals surface area contributed by atoms with Gasteiger partial charge in [-0.05, 0) is 53.4 Å². The van der Waals surface area contributed by atoms with Gasteiger partial charge < -0.3 is 15.1 Å². The van der Waals surface area contributed by atoms with Crippen LogP contribution in [0.3, 0.4) is 0 Å². The molecule has 1 amide bonds. The average Bonchev–Trinajstić information content (AvgIpc) is 2.76. The predicted molar refractivity (Wildman–Crippen MR) is 66.4 cm³/mol. The number of hydrogen-bond acceptors (Lipinski definition) is 3. The molecular weight excluding hydrogens is 202 g/mol. The number of nitrogens with one attached hydrogen (secondary N) is 1. The molecule has 0 saturated carbocycles. The number of carbonyl (C=O) groups excluding carboxylic acids is 1. The van der Waals surface area contributed by atoms with Gasteiger partial charge in [-0.1, -0.05) is 0 Å². The third-order valence-electron chi connectivity index (χ3n) is 3.02. The van der Waals surface area contributed by atoms with Crippen molar-refractivity contribution in [3.8, 4) is 0 Å². The minimum Gasteiger partial charge on any atom is -0.341 e. The molecule has 1 rings (SSSR count). The standard InChI is InChI=1S/C12H25N3O/c1-11(13-7-6-8-14(2)3)12(16)15-9-4-5-10-15/h11,13H,4-10H2,1-3H3. The van der Waals surface area contributed by atoms with Gasteiger partial charge in [-0.15, -0.1) is 0 Å². The molecule has 0 aromatic heterocycles. The first-order valence-electron chi connectivity index (χ1n) is 6.28. The van der Waals surface area contributed by atoms with Gasteiger partial charge in [0.15, 0.2) is 0 Å². The number of amides is 1. The van der Waals surface area contributed by atoms with E-state index >= 15 is 0 Å². The molecule has 94 valence electrons. The Kier molecular flexibility index (Phi) is 5.77. The number of likely N-dealkylation sites (tertiary alicyclic amines) is 1. The minimum atomic E-state index is -0.0275. The highest BCUT2D eigenvalue weighted by molar-refractivity contribution is 5.81. The van der Waals surface area contributed by atoms with Gasteiger partial charge in [-0.2, -0.15) is 0 Å². The van der Waals surface area contributed by atoms with Crippen molar-refractivity contribution in [3.05, 3.63) is 0 Å². The minimum absolute atomic E-state index is 0.0275. The fourth-order valence-corrected chi connectivity index (χ4v) is 2.01. The molecule has 1 N–H and O–H groups in total. The Morgan fingerprint density at radius 2 is 2.00 bits per heavy atom. The van der Waals surface area contributed by atoms with Crippen molar-refractivity contribution < 1.29 is 4.79 Å². The quantitative estimate of drug-likeness (QED) is 0.673. The lowest BCUT2D eigenvalue weighted by Crippen LogP contribution is -2.44. The summed E-state index contributed by atoms with van der Waals surface area (Å²) in [5, 5.41) is 3.30. The van der Waals surface area contributed by atoms with Gasteiger partial charge in [0.25, 0.3) is 0 Å². The van der Waals surface area contributed by atoms with Crippen LogP contribution >= 0.6 is 0 Å². The number of carbonyl (C=O) groups is 1. The summed E-state index contributed by atoms with van der Waals surface area (Å²) in [6.07, 6.45) is 3.42. The summed E-state index contributed by atoms with van der Waals surface area (Å²) in [5.41, 5.74) is 0. The summed E-state index contributed by atoms with van der Waals surface area (Å²) < 4.78 is 0. The van der Waals surface area contributed by atoms with Crippen LogP contribution < -0.4 is 5.32 Å². The second-order valence-electron chi connectivity index (χ2n) is 4.87. The molecule has 0 aliphatic carbocycles. The van der Waals surface area contributed by atoms with E-state index in [0.29, 0.717) is 0 Å². The first kappa shape index (κ1) is 13.5. The van der Waals surface area contributed by atoms with Crippen LogP contribution in [0.4, 0.5) is 0 Å². The maximum atomic E-state index is 11.9. The van der Waals surface area contributed by atoms with E-state index in [1.807, 2.05) is 11.8 Å². The lowest BCUT2D eigenvalue weighted by molar-refractivity contribution is -0.131. The summed E-state index contributed by atoms with van der Waals surface area (Å²) in [6, 6.07) is -0.0275. The molecule has 4 heteroatoms. The number of rotatable bonds is 6. The zero-order chi connectivity index (χ0) is 12.0. The maximum absolute atomic E-state index is 11.9. The third kappa shape index (κ3) is 4.49. The molecule has 1 heterocycles. The first-order chi connectivity index (χ1) is 7.61. The van der Waals surface area contributed by atoms with E-state index in [4.69, 9.17) is 0 Å². The Morgan fingerprint density at radius 1 is 1.38 bits per heavy atom. The van der Waals surface area contributed by atoms with Crippen LogP contribution in [-0.4, -0.2) is 62.0 Å². The van der Waals surface area contributed by atoms with Crippen molar-refractivity contribution in [1.82, 2.24) is 15.1 Å². The SMILES string of the molecule is CC(NCCCN(C)C)C(=O)N1CCCC1. The largest absolute Gasteiger partial charge is 0.341 e. The number of hydrogen-bond donors (Lipinski definition) is 1. The topological polar surface area (TPSA) is 35.6 Å². The summed E-state index contributed by atoms with van der Waals surface area (Å²) in [6.45, 7) is 5.85. The third-order valence-corrected chi connectivity index (χ3v) is 3.02. The van der Waals surface area contributed by atoms with E-state index in [1.54, 1.807) is 0 Å². The lowest BCUT2D eigenvalue weighted by Gasteiger charge is -2.21. The lowest BCUT2D eigenvalue weighted by atomic mass is 10.2. The Morgan fingerprint density at radius 3 is 2.56 bits per heavy atom. The van der Waals surface area contributed by atoms with Crippen molar-refractivity contribution >= 4 is 5.91 Å². The zero-order valence-corrected chi connectivity index (χ0v) is 10.8. The highest BCUT2D eigenvalue weighted by atomic mass is 16.2. The van der Waals surface area contributed by atoms with Crippen LogP contribution in [0.25, 0.3) is 0 Å². The van der Waals surface area contributed by atoms with Gasteiger partial charge in [-0.25, -0.2) is 0 Å². The summed E-state index contributed by atoms with van der Waals surface area (Å²) in [7, 11) is 4.14.